The zero-order valence-electron chi connectivity index (χ0n) is 10.8. The van der Waals surface area contributed by atoms with Crippen LogP contribution in [0, 0.1) is 5.82 Å². The first-order valence-electron chi connectivity index (χ1n) is 6.59. The molecule has 100 valence electrons. The third-order valence-electron chi connectivity index (χ3n) is 3.48. The van der Waals surface area contributed by atoms with Crippen LogP contribution in [0.15, 0.2) is 22.7 Å². The molecular weight excluding hydrogens is 295 g/mol. The highest BCUT2D eigenvalue weighted by Gasteiger charge is 2.22. The van der Waals surface area contributed by atoms with Gasteiger partial charge in [-0.2, -0.15) is 0 Å². The average molecular weight is 315 g/mol. The molecule has 1 aromatic carbocycles. The van der Waals surface area contributed by atoms with Crippen molar-refractivity contribution in [3.05, 3.63) is 34.1 Å². The van der Waals surface area contributed by atoms with Crippen LogP contribution in [0.25, 0.3) is 0 Å². The van der Waals surface area contributed by atoms with E-state index in [1.54, 1.807) is 6.07 Å². The minimum absolute atomic E-state index is 0.105. The highest BCUT2D eigenvalue weighted by atomic mass is 79.9. The molecule has 0 bridgehead atoms. The van der Waals surface area contributed by atoms with Crippen LogP contribution in [0.4, 0.5) is 4.39 Å². The molecule has 1 fully saturated rings. The second-order valence-electron chi connectivity index (χ2n) is 4.85. The van der Waals surface area contributed by atoms with Crippen molar-refractivity contribution in [1.29, 1.82) is 0 Å². The van der Waals surface area contributed by atoms with E-state index in [-0.39, 0.29) is 5.82 Å². The standard InChI is InChI=1S/C14H20BrFN2/c1-2-3-13-9-17-6-7-18(13)10-11-8-12(15)4-5-14(11)16/h4-5,8,13,17H,2-3,6-7,9-10H2,1H3. The molecule has 0 spiro atoms. The van der Waals surface area contributed by atoms with Gasteiger partial charge in [0.2, 0.25) is 0 Å². The van der Waals surface area contributed by atoms with Crippen LogP contribution in [-0.4, -0.2) is 30.6 Å². The summed E-state index contributed by atoms with van der Waals surface area (Å²) in [6.07, 6.45) is 2.34. The van der Waals surface area contributed by atoms with Gasteiger partial charge in [-0.3, -0.25) is 4.90 Å². The smallest absolute Gasteiger partial charge is 0.127 e. The fourth-order valence-corrected chi connectivity index (χ4v) is 2.92. The second kappa shape index (κ2) is 6.64. The van der Waals surface area contributed by atoms with E-state index in [2.05, 4.69) is 33.1 Å². The number of nitrogens with zero attached hydrogens (tertiary/aromatic N) is 1. The molecule has 4 heteroatoms. The lowest BCUT2D eigenvalue weighted by atomic mass is 10.1. The molecule has 0 amide bonds. The Morgan fingerprint density at radius 1 is 1.50 bits per heavy atom. The normalized spacial score (nSPS) is 21.2. The molecule has 1 atom stereocenters. The minimum atomic E-state index is -0.105. The Labute approximate surface area is 117 Å². The van der Waals surface area contributed by atoms with Crippen LogP contribution in [0.2, 0.25) is 0 Å². The SMILES string of the molecule is CCCC1CNCCN1Cc1cc(Br)ccc1F. The van der Waals surface area contributed by atoms with Crippen molar-refractivity contribution in [2.45, 2.75) is 32.4 Å². The molecule has 0 aliphatic carbocycles. The summed E-state index contributed by atoms with van der Waals surface area (Å²) in [5, 5.41) is 3.42. The van der Waals surface area contributed by atoms with E-state index in [1.165, 1.54) is 18.9 Å². The molecule has 1 saturated heterocycles. The summed E-state index contributed by atoms with van der Waals surface area (Å²) in [7, 11) is 0. The molecule has 1 heterocycles. The van der Waals surface area contributed by atoms with Crippen LogP contribution in [0.5, 0.6) is 0 Å². The fraction of sp³-hybridized carbons (Fsp3) is 0.571. The number of rotatable bonds is 4. The van der Waals surface area contributed by atoms with Crippen molar-refractivity contribution in [3.8, 4) is 0 Å². The first-order chi connectivity index (χ1) is 8.70. The Hall–Kier alpha value is -0.450. The van der Waals surface area contributed by atoms with Crippen LogP contribution in [0.1, 0.15) is 25.3 Å². The van der Waals surface area contributed by atoms with Gasteiger partial charge in [-0.1, -0.05) is 29.3 Å². The largest absolute Gasteiger partial charge is 0.314 e. The van der Waals surface area contributed by atoms with Gasteiger partial charge in [0.1, 0.15) is 5.82 Å². The highest BCUT2D eigenvalue weighted by Crippen LogP contribution is 2.20. The van der Waals surface area contributed by atoms with E-state index < -0.39 is 0 Å². The van der Waals surface area contributed by atoms with Gasteiger partial charge in [-0.15, -0.1) is 0 Å². The zero-order valence-corrected chi connectivity index (χ0v) is 12.3. The maximum Gasteiger partial charge on any atom is 0.127 e. The molecule has 0 aromatic heterocycles. The summed E-state index contributed by atoms with van der Waals surface area (Å²) < 4.78 is 14.7. The molecule has 2 rings (SSSR count). The Kier molecular flexibility index (Phi) is 5.15. The number of benzene rings is 1. The monoisotopic (exact) mass is 314 g/mol. The molecule has 0 saturated carbocycles. The molecule has 18 heavy (non-hydrogen) atoms. The summed E-state index contributed by atoms with van der Waals surface area (Å²) in [5.41, 5.74) is 0.785. The quantitative estimate of drug-likeness (QED) is 0.918. The summed E-state index contributed by atoms with van der Waals surface area (Å²) in [4.78, 5) is 2.39. The second-order valence-corrected chi connectivity index (χ2v) is 5.77. The van der Waals surface area contributed by atoms with E-state index >= 15 is 0 Å². The maximum absolute atomic E-state index is 13.8. The van der Waals surface area contributed by atoms with Crippen molar-refractivity contribution in [2.24, 2.45) is 0 Å². The third-order valence-corrected chi connectivity index (χ3v) is 3.97. The molecule has 1 unspecified atom stereocenters. The maximum atomic E-state index is 13.8. The first kappa shape index (κ1) is 14.0. The summed E-state index contributed by atoms with van der Waals surface area (Å²) in [6.45, 7) is 5.92. The van der Waals surface area contributed by atoms with Crippen LogP contribution < -0.4 is 5.32 Å². The summed E-state index contributed by atoms with van der Waals surface area (Å²) in [6, 6.07) is 5.71. The lowest BCUT2D eigenvalue weighted by molar-refractivity contribution is 0.143. The van der Waals surface area contributed by atoms with Gasteiger partial charge in [0, 0.05) is 42.3 Å². The summed E-state index contributed by atoms with van der Waals surface area (Å²) >= 11 is 3.41. The van der Waals surface area contributed by atoms with Crippen molar-refractivity contribution in [3.63, 3.8) is 0 Å². The Morgan fingerprint density at radius 3 is 3.11 bits per heavy atom. The predicted octanol–water partition coefficient (Wildman–Crippen LogP) is 3.16. The average Bonchev–Trinajstić information content (AvgIpc) is 2.36. The van der Waals surface area contributed by atoms with Gasteiger partial charge in [-0.25, -0.2) is 4.39 Å². The number of nitrogens with one attached hydrogen (secondary N) is 1. The molecule has 1 aliphatic rings. The Bertz CT molecular complexity index is 395. The predicted molar refractivity (Wildman–Crippen MR) is 76.1 cm³/mol. The number of hydrogen-bond donors (Lipinski definition) is 1. The van der Waals surface area contributed by atoms with Crippen molar-refractivity contribution < 1.29 is 4.39 Å². The van der Waals surface area contributed by atoms with Gasteiger partial charge < -0.3 is 5.32 Å². The van der Waals surface area contributed by atoms with Gasteiger partial charge in [0.05, 0.1) is 0 Å². The van der Waals surface area contributed by atoms with Crippen molar-refractivity contribution in [2.75, 3.05) is 19.6 Å². The number of halogens is 2. The molecule has 2 nitrogen and oxygen atoms in total. The van der Waals surface area contributed by atoms with Gasteiger partial charge >= 0.3 is 0 Å². The number of piperazine rings is 1. The van der Waals surface area contributed by atoms with E-state index in [1.807, 2.05) is 6.07 Å². The fourth-order valence-electron chi connectivity index (χ4n) is 2.51. The van der Waals surface area contributed by atoms with Gasteiger partial charge in [0.15, 0.2) is 0 Å². The van der Waals surface area contributed by atoms with Gasteiger partial charge in [-0.05, 0) is 24.6 Å². The van der Waals surface area contributed by atoms with Crippen LogP contribution in [-0.2, 0) is 6.54 Å². The van der Waals surface area contributed by atoms with E-state index in [9.17, 15) is 4.39 Å². The Balaban J connectivity index is 2.08. The highest BCUT2D eigenvalue weighted by molar-refractivity contribution is 9.10. The van der Waals surface area contributed by atoms with Crippen molar-refractivity contribution in [1.82, 2.24) is 10.2 Å². The van der Waals surface area contributed by atoms with Crippen molar-refractivity contribution >= 4 is 15.9 Å². The molecular formula is C14H20BrFN2. The molecule has 1 aliphatic heterocycles. The van der Waals surface area contributed by atoms with E-state index in [4.69, 9.17) is 0 Å². The molecule has 1 N–H and O–H groups in total. The molecule has 0 radical (unpaired) electrons. The van der Waals surface area contributed by atoms with Crippen LogP contribution in [0.3, 0.4) is 0 Å². The van der Waals surface area contributed by atoms with E-state index in [0.717, 1.165) is 29.7 Å². The lowest BCUT2D eigenvalue weighted by Gasteiger charge is -2.36. The lowest BCUT2D eigenvalue weighted by Crippen LogP contribution is -2.50. The van der Waals surface area contributed by atoms with Crippen LogP contribution >= 0.6 is 15.9 Å². The summed E-state index contributed by atoms with van der Waals surface area (Å²) in [5.74, 6) is -0.105. The first-order valence-corrected chi connectivity index (χ1v) is 7.38. The zero-order chi connectivity index (χ0) is 13.0. The molecule has 1 aromatic rings. The third kappa shape index (κ3) is 3.53. The Morgan fingerprint density at radius 2 is 2.33 bits per heavy atom. The minimum Gasteiger partial charge on any atom is -0.314 e. The van der Waals surface area contributed by atoms with E-state index in [0.29, 0.717) is 12.6 Å². The van der Waals surface area contributed by atoms with Gasteiger partial charge in [0.25, 0.3) is 0 Å². The number of hydrogen-bond acceptors (Lipinski definition) is 2. The topological polar surface area (TPSA) is 15.3 Å².